The summed E-state index contributed by atoms with van der Waals surface area (Å²) in [5.74, 6) is 5.49. The van der Waals surface area contributed by atoms with Crippen LogP contribution in [0.5, 0.6) is 0 Å². The van der Waals surface area contributed by atoms with Gasteiger partial charge in [0.1, 0.15) is 0 Å². The fourth-order valence-electron chi connectivity index (χ4n) is 1.43. The normalized spacial score (nSPS) is 12.7. The van der Waals surface area contributed by atoms with Crippen LogP contribution in [0.25, 0.3) is 0 Å². The van der Waals surface area contributed by atoms with Crippen molar-refractivity contribution in [2.24, 2.45) is 5.84 Å². The Morgan fingerprint density at radius 2 is 2.47 bits per heavy atom. The Bertz CT molecular complexity index is 296. The molecule has 15 heavy (non-hydrogen) atoms. The number of nitrogens with one attached hydrogen (secondary N) is 1. The van der Waals surface area contributed by atoms with E-state index in [1.807, 2.05) is 6.07 Å². The van der Waals surface area contributed by atoms with Gasteiger partial charge in [0.25, 0.3) is 0 Å². The first-order chi connectivity index (χ1) is 7.29. The number of rotatable bonds is 6. The van der Waals surface area contributed by atoms with Crippen LogP contribution in [-0.4, -0.2) is 18.7 Å². The Morgan fingerprint density at radius 1 is 1.67 bits per heavy atom. The molecule has 0 aliphatic rings. The van der Waals surface area contributed by atoms with Gasteiger partial charge in [-0.25, -0.2) is 0 Å². The third kappa shape index (κ3) is 3.76. The topological polar surface area (TPSA) is 60.2 Å². The molecule has 0 aromatic carbocycles. The SMILES string of the molecule is COCCCC(NN)c1ccncc1Cl. The average Bonchev–Trinajstić information content (AvgIpc) is 2.26. The molecule has 0 radical (unpaired) electrons. The van der Waals surface area contributed by atoms with E-state index in [9.17, 15) is 0 Å². The molecular weight excluding hydrogens is 214 g/mol. The molecule has 1 rings (SSSR count). The van der Waals surface area contributed by atoms with Crippen LogP contribution in [0.3, 0.4) is 0 Å². The molecule has 0 aliphatic heterocycles. The molecule has 0 saturated heterocycles. The smallest absolute Gasteiger partial charge is 0.0637 e. The van der Waals surface area contributed by atoms with Crippen molar-refractivity contribution in [2.45, 2.75) is 18.9 Å². The quantitative estimate of drug-likeness (QED) is 0.443. The lowest BCUT2D eigenvalue weighted by Crippen LogP contribution is -2.28. The van der Waals surface area contributed by atoms with Crippen LogP contribution in [0.15, 0.2) is 18.5 Å². The van der Waals surface area contributed by atoms with Crippen molar-refractivity contribution in [3.8, 4) is 0 Å². The van der Waals surface area contributed by atoms with Crippen molar-refractivity contribution >= 4 is 11.6 Å². The third-order valence-corrected chi connectivity index (χ3v) is 2.54. The number of halogens is 1. The zero-order valence-electron chi connectivity index (χ0n) is 8.74. The van der Waals surface area contributed by atoms with E-state index in [1.54, 1.807) is 19.5 Å². The van der Waals surface area contributed by atoms with Gasteiger partial charge in [-0.15, -0.1) is 0 Å². The second-order valence-corrected chi connectivity index (χ2v) is 3.66. The van der Waals surface area contributed by atoms with Crippen molar-refractivity contribution in [3.05, 3.63) is 29.0 Å². The highest BCUT2D eigenvalue weighted by atomic mass is 35.5. The molecule has 1 unspecified atom stereocenters. The number of hydrazine groups is 1. The molecule has 0 bridgehead atoms. The van der Waals surface area contributed by atoms with E-state index >= 15 is 0 Å². The second kappa shape index (κ2) is 6.74. The molecule has 0 saturated carbocycles. The summed E-state index contributed by atoms with van der Waals surface area (Å²) >= 11 is 6.02. The summed E-state index contributed by atoms with van der Waals surface area (Å²) in [5, 5.41) is 0.637. The molecule has 0 amide bonds. The molecule has 1 aromatic heterocycles. The van der Waals surface area contributed by atoms with Gasteiger partial charge in [0.05, 0.1) is 5.02 Å². The Balaban J connectivity index is 2.61. The van der Waals surface area contributed by atoms with Crippen molar-refractivity contribution in [2.75, 3.05) is 13.7 Å². The first-order valence-corrected chi connectivity index (χ1v) is 5.22. The summed E-state index contributed by atoms with van der Waals surface area (Å²) in [5.41, 5.74) is 3.73. The van der Waals surface area contributed by atoms with Gasteiger partial charge in [0.2, 0.25) is 0 Å². The maximum absolute atomic E-state index is 6.02. The van der Waals surface area contributed by atoms with Crippen LogP contribution < -0.4 is 11.3 Å². The fourth-order valence-corrected chi connectivity index (χ4v) is 1.68. The molecule has 3 N–H and O–H groups in total. The van der Waals surface area contributed by atoms with Gasteiger partial charge in [-0.05, 0) is 24.5 Å². The van der Waals surface area contributed by atoms with Crippen LogP contribution in [0, 0.1) is 0 Å². The van der Waals surface area contributed by atoms with Gasteiger partial charge in [0.15, 0.2) is 0 Å². The lowest BCUT2D eigenvalue weighted by Gasteiger charge is -2.16. The van der Waals surface area contributed by atoms with Gasteiger partial charge in [0, 0.05) is 32.2 Å². The predicted octanol–water partition coefficient (Wildman–Crippen LogP) is 1.67. The molecule has 1 atom stereocenters. The summed E-state index contributed by atoms with van der Waals surface area (Å²) in [6, 6.07) is 1.93. The lowest BCUT2D eigenvalue weighted by molar-refractivity contribution is 0.189. The Kier molecular flexibility index (Phi) is 5.57. The summed E-state index contributed by atoms with van der Waals surface area (Å²) in [7, 11) is 1.68. The standard InChI is InChI=1S/C10H16ClN3O/c1-15-6-2-3-10(14-12)8-4-5-13-7-9(8)11/h4-5,7,10,14H,2-3,6,12H2,1H3. The fraction of sp³-hybridized carbons (Fsp3) is 0.500. The minimum Gasteiger partial charge on any atom is -0.385 e. The van der Waals surface area contributed by atoms with Gasteiger partial charge in [-0.1, -0.05) is 11.6 Å². The highest BCUT2D eigenvalue weighted by Gasteiger charge is 2.12. The zero-order chi connectivity index (χ0) is 11.1. The minimum absolute atomic E-state index is 0.0515. The first kappa shape index (κ1) is 12.4. The molecule has 4 nitrogen and oxygen atoms in total. The maximum Gasteiger partial charge on any atom is 0.0637 e. The number of hydrogen-bond acceptors (Lipinski definition) is 4. The molecule has 5 heteroatoms. The Morgan fingerprint density at radius 3 is 3.07 bits per heavy atom. The Hall–Kier alpha value is -0.680. The summed E-state index contributed by atoms with van der Waals surface area (Å²) in [6.07, 6.45) is 5.15. The van der Waals surface area contributed by atoms with Crippen LogP contribution in [0.4, 0.5) is 0 Å². The second-order valence-electron chi connectivity index (χ2n) is 3.25. The lowest BCUT2D eigenvalue weighted by atomic mass is 10.0. The van der Waals surface area contributed by atoms with Crippen LogP contribution in [0.1, 0.15) is 24.4 Å². The summed E-state index contributed by atoms with van der Waals surface area (Å²) in [4.78, 5) is 3.93. The molecule has 84 valence electrons. The number of aromatic nitrogens is 1. The number of methoxy groups -OCH3 is 1. The van der Waals surface area contributed by atoms with Crippen molar-refractivity contribution in [3.63, 3.8) is 0 Å². The molecule has 0 aliphatic carbocycles. The summed E-state index contributed by atoms with van der Waals surface area (Å²) < 4.78 is 4.99. The predicted molar refractivity (Wildman–Crippen MR) is 60.4 cm³/mol. The molecule has 0 spiro atoms. The van der Waals surface area contributed by atoms with E-state index in [0.29, 0.717) is 5.02 Å². The maximum atomic E-state index is 6.02. The highest BCUT2D eigenvalue weighted by molar-refractivity contribution is 6.31. The van der Waals surface area contributed by atoms with Gasteiger partial charge in [-0.3, -0.25) is 16.3 Å². The number of ether oxygens (including phenoxy) is 1. The highest BCUT2D eigenvalue weighted by Crippen LogP contribution is 2.24. The first-order valence-electron chi connectivity index (χ1n) is 4.84. The largest absolute Gasteiger partial charge is 0.385 e. The van der Waals surface area contributed by atoms with E-state index in [1.165, 1.54) is 0 Å². The molecule has 1 aromatic rings. The average molecular weight is 230 g/mol. The molecule has 1 heterocycles. The number of nitrogens with zero attached hydrogens (tertiary/aromatic N) is 1. The van der Waals surface area contributed by atoms with Gasteiger partial charge >= 0.3 is 0 Å². The van der Waals surface area contributed by atoms with Crippen LogP contribution in [-0.2, 0) is 4.74 Å². The number of hydrogen-bond donors (Lipinski definition) is 2. The minimum atomic E-state index is 0.0515. The van der Waals surface area contributed by atoms with Crippen molar-refractivity contribution < 1.29 is 4.74 Å². The van der Waals surface area contributed by atoms with E-state index in [2.05, 4.69) is 10.4 Å². The van der Waals surface area contributed by atoms with Crippen molar-refractivity contribution in [1.29, 1.82) is 0 Å². The Labute approximate surface area is 94.8 Å². The van der Waals surface area contributed by atoms with E-state index in [4.69, 9.17) is 22.2 Å². The van der Waals surface area contributed by atoms with E-state index < -0.39 is 0 Å². The van der Waals surface area contributed by atoms with Gasteiger partial charge < -0.3 is 4.74 Å². The molecule has 0 fully saturated rings. The van der Waals surface area contributed by atoms with E-state index in [-0.39, 0.29) is 6.04 Å². The third-order valence-electron chi connectivity index (χ3n) is 2.22. The molecular formula is C10H16ClN3O. The number of nitrogens with two attached hydrogens (primary N) is 1. The summed E-state index contributed by atoms with van der Waals surface area (Å²) in [6.45, 7) is 0.723. The number of pyridine rings is 1. The monoisotopic (exact) mass is 229 g/mol. The van der Waals surface area contributed by atoms with Gasteiger partial charge in [-0.2, -0.15) is 0 Å². The van der Waals surface area contributed by atoms with E-state index in [0.717, 1.165) is 25.0 Å². The van der Waals surface area contributed by atoms with Crippen molar-refractivity contribution in [1.82, 2.24) is 10.4 Å². The zero-order valence-corrected chi connectivity index (χ0v) is 9.50. The van der Waals surface area contributed by atoms with Crippen LogP contribution >= 0.6 is 11.6 Å². The van der Waals surface area contributed by atoms with Crippen LogP contribution in [0.2, 0.25) is 5.02 Å².